The smallest absolute Gasteiger partial charge is 0.265 e. The minimum absolute atomic E-state index is 0.242. The predicted molar refractivity (Wildman–Crippen MR) is 113 cm³/mol. The lowest BCUT2D eigenvalue weighted by Gasteiger charge is -2.19. The number of sulfonamides is 1. The number of fused-ring (bicyclic) bond motifs is 1. The molecule has 1 aliphatic heterocycles. The van der Waals surface area contributed by atoms with Crippen LogP contribution in [0, 0.1) is 0 Å². The molecule has 3 aromatic carbocycles. The Hall–Kier alpha value is -3.19. The number of aryl methyl sites for hydroxylation is 1. The second-order valence-corrected chi connectivity index (χ2v) is 9.08. The first kappa shape index (κ1) is 17.9. The molecule has 29 heavy (non-hydrogen) atoms. The largest absolute Gasteiger partial charge is 0.271 e. The lowest BCUT2D eigenvalue weighted by Crippen LogP contribution is -2.37. The number of nitrogens with zero attached hydrogens (tertiary/aromatic N) is 2. The third-order valence-electron chi connectivity index (χ3n) is 5.47. The number of hydrazone groups is 1. The Bertz CT molecular complexity index is 1280. The van der Waals surface area contributed by atoms with Crippen LogP contribution in [0.15, 0.2) is 70.7 Å². The van der Waals surface area contributed by atoms with Gasteiger partial charge in [0.2, 0.25) is 0 Å². The van der Waals surface area contributed by atoms with Gasteiger partial charge in [-0.3, -0.25) is 9.10 Å². The Balaban J connectivity index is 1.41. The lowest BCUT2D eigenvalue weighted by molar-refractivity contribution is -0.119. The molecule has 1 heterocycles. The van der Waals surface area contributed by atoms with E-state index in [-0.39, 0.29) is 11.4 Å². The van der Waals surface area contributed by atoms with Crippen LogP contribution >= 0.6 is 0 Å². The zero-order valence-electron chi connectivity index (χ0n) is 15.6. The second-order valence-electron chi connectivity index (χ2n) is 7.25. The number of carbonyl (C=O) groups excluding carboxylic acids is 1. The summed E-state index contributed by atoms with van der Waals surface area (Å²) in [6.45, 7) is -0.311. The first-order valence-corrected chi connectivity index (χ1v) is 11.0. The highest BCUT2D eigenvalue weighted by Crippen LogP contribution is 2.41. The molecule has 0 saturated carbocycles. The molecule has 7 heteroatoms. The summed E-state index contributed by atoms with van der Waals surface area (Å²) in [6.07, 6.45) is 2.75. The van der Waals surface area contributed by atoms with Gasteiger partial charge in [0.25, 0.3) is 15.9 Å². The number of amides is 1. The number of rotatable bonds is 3. The van der Waals surface area contributed by atoms with Crippen LogP contribution in [0.5, 0.6) is 0 Å². The fourth-order valence-electron chi connectivity index (χ4n) is 4.14. The molecule has 0 aromatic heterocycles. The van der Waals surface area contributed by atoms with Gasteiger partial charge in [0.1, 0.15) is 6.54 Å². The third kappa shape index (κ3) is 2.89. The van der Waals surface area contributed by atoms with E-state index >= 15 is 0 Å². The fourth-order valence-corrected chi connectivity index (χ4v) is 5.81. The summed E-state index contributed by atoms with van der Waals surface area (Å²) in [5.41, 5.74) is 6.18. The van der Waals surface area contributed by atoms with Gasteiger partial charge in [0, 0.05) is 10.9 Å². The molecule has 1 N–H and O–H groups in total. The molecule has 0 saturated heterocycles. The maximum absolute atomic E-state index is 13.0. The molecule has 6 nitrogen and oxygen atoms in total. The standard InChI is InChI=1S/C22H19N3O3S/c26-21(24-23-18-11-3-7-15-6-1-2-10-17(15)18)14-25-19-12-4-8-16-9-5-13-20(22(16)19)29(25,27)28/h1-2,4-6,8-10,12-13H,3,7,11,14H2,(H,24,26)/b23-18-. The minimum Gasteiger partial charge on any atom is -0.271 e. The summed E-state index contributed by atoms with van der Waals surface area (Å²) < 4.78 is 27.1. The van der Waals surface area contributed by atoms with Crippen LogP contribution in [0.4, 0.5) is 5.69 Å². The lowest BCUT2D eigenvalue weighted by atomic mass is 9.90. The molecule has 2 aliphatic rings. The van der Waals surface area contributed by atoms with Gasteiger partial charge in [-0.05, 0) is 42.3 Å². The van der Waals surface area contributed by atoms with Gasteiger partial charge in [-0.25, -0.2) is 13.8 Å². The zero-order chi connectivity index (χ0) is 20.0. The number of carbonyl (C=O) groups is 1. The molecule has 1 amide bonds. The van der Waals surface area contributed by atoms with Crippen molar-refractivity contribution in [3.8, 4) is 0 Å². The molecular weight excluding hydrogens is 386 g/mol. The van der Waals surface area contributed by atoms with Crippen molar-refractivity contribution in [3.05, 3.63) is 71.8 Å². The highest BCUT2D eigenvalue weighted by atomic mass is 32.2. The Labute approximate surface area is 168 Å². The van der Waals surface area contributed by atoms with Crippen LogP contribution in [0.1, 0.15) is 24.0 Å². The summed E-state index contributed by atoms with van der Waals surface area (Å²) in [5.74, 6) is -0.464. The number of anilines is 1. The molecule has 0 atom stereocenters. The average molecular weight is 405 g/mol. The molecule has 0 unspecified atom stereocenters. The molecule has 0 spiro atoms. The van der Waals surface area contributed by atoms with Gasteiger partial charge < -0.3 is 0 Å². The molecule has 0 radical (unpaired) electrons. The number of nitrogens with one attached hydrogen (secondary N) is 1. The minimum atomic E-state index is -3.76. The van der Waals surface area contributed by atoms with Crippen LogP contribution in [-0.2, 0) is 21.2 Å². The summed E-state index contributed by atoms with van der Waals surface area (Å²) in [7, 11) is -3.76. The first-order chi connectivity index (χ1) is 14.1. The van der Waals surface area contributed by atoms with E-state index in [2.05, 4.69) is 16.6 Å². The van der Waals surface area contributed by atoms with Crippen LogP contribution in [0.25, 0.3) is 10.8 Å². The van der Waals surface area contributed by atoms with Crippen LogP contribution in [-0.4, -0.2) is 26.6 Å². The molecule has 0 fully saturated rings. The molecular formula is C22H19N3O3S. The van der Waals surface area contributed by atoms with E-state index in [1.807, 2.05) is 30.3 Å². The number of hydrogen-bond donors (Lipinski definition) is 1. The summed E-state index contributed by atoms with van der Waals surface area (Å²) in [6, 6.07) is 18.6. The van der Waals surface area contributed by atoms with Crippen molar-refractivity contribution < 1.29 is 13.2 Å². The third-order valence-corrected chi connectivity index (χ3v) is 7.27. The van der Waals surface area contributed by atoms with Crippen molar-refractivity contribution in [2.75, 3.05) is 10.8 Å². The molecule has 0 bridgehead atoms. The van der Waals surface area contributed by atoms with Crippen molar-refractivity contribution in [3.63, 3.8) is 0 Å². The Morgan fingerprint density at radius 2 is 1.79 bits per heavy atom. The SMILES string of the molecule is O=C(CN1c2cccc3cccc(c23)S1(=O)=O)N/N=C1/CCCc2ccccc21. The highest BCUT2D eigenvalue weighted by molar-refractivity contribution is 7.93. The van der Waals surface area contributed by atoms with Crippen molar-refractivity contribution in [2.45, 2.75) is 24.2 Å². The summed E-state index contributed by atoms with van der Waals surface area (Å²) in [5, 5.41) is 5.81. The second kappa shape index (κ2) is 6.70. The van der Waals surface area contributed by atoms with Crippen molar-refractivity contribution >= 4 is 38.1 Å². The van der Waals surface area contributed by atoms with E-state index in [4.69, 9.17) is 0 Å². The Morgan fingerprint density at radius 1 is 1.00 bits per heavy atom. The monoisotopic (exact) mass is 405 g/mol. The van der Waals surface area contributed by atoms with E-state index < -0.39 is 15.9 Å². The predicted octanol–water partition coefficient (Wildman–Crippen LogP) is 3.21. The fraction of sp³-hybridized carbons (Fsp3) is 0.182. The molecule has 146 valence electrons. The van der Waals surface area contributed by atoms with Gasteiger partial charge in [-0.1, -0.05) is 48.5 Å². The van der Waals surface area contributed by atoms with E-state index in [9.17, 15) is 13.2 Å². The topological polar surface area (TPSA) is 78.8 Å². The highest BCUT2D eigenvalue weighted by Gasteiger charge is 2.36. The van der Waals surface area contributed by atoms with Gasteiger partial charge >= 0.3 is 0 Å². The van der Waals surface area contributed by atoms with Crippen LogP contribution in [0.2, 0.25) is 0 Å². The van der Waals surface area contributed by atoms with Crippen molar-refractivity contribution in [1.29, 1.82) is 0 Å². The molecule has 5 rings (SSSR count). The van der Waals surface area contributed by atoms with E-state index in [1.165, 1.54) is 5.56 Å². The zero-order valence-corrected chi connectivity index (χ0v) is 16.4. The van der Waals surface area contributed by atoms with Gasteiger partial charge in [-0.2, -0.15) is 5.10 Å². The van der Waals surface area contributed by atoms with Crippen molar-refractivity contribution in [1.82, 2.24) is 5.43 Å². The van der Waals surface area contributed by atoms with E-state index in [0.717, 1.165) is 40.2 Å². The number of benzene rings is 3. The Morgan fingerprint density at radius 3 is 2.66 bits per heavy atom. The molecule has 3 aromatic rings. The van der Waals surface area contributed by atoms with Crippen LogP contribution in [0.3, 0.4) is 0 Å². The van der Waals surface area contributed by atoms with E-state index in [0.29, 0.717) is 11.1 Å². The normalized spacial score (nSPS) is 18.1. The summed E-state index contributed by atoms with van der Waals surface area (Å²) >= 11 is 0. The molecule has 1 aliphatic carbocycles. The summed E-state index contributed by atoms with van der Waals surface area (Å²) in [4.78, 5) is 12.8. The first-order valence-electron chi connectivity index (χ1n) is 9.54. The van der Waals surface area contributed by atoms with Gasteiger partial charge in [-0.15, -0.1) is 0 Å². The maximum atomic E-state index is 13.0. The number of hydrogen-bond acceptors (Lipinski definition) is 4. The van der Waals surface area contributed by atoms with Crippen molar-refractivity contribution in [2.24, 2.45) is 5.10 Å². The van der Waals surface area contributed by atoms with Gasteiger partial charge in [0.15, 0.2) is 0 Å². The van der Waals surface area contributed by atoms with Gasteiger partial charge in [0.05, 0.1) is 16.3 Å². The van der Waals surface area contributed by atoms with Crippen LogP contribution < -0.4 is 9.73 Å². The maximum Gasteiger partial charge on any atom is 0.265 e. The Kier molecular flexibility index (Phi) is 4.13. The average Bonchev–Trinajstić information content (AvgIpc) is 2.95. The van der Waals surface area contributed by atoms with E-state index in [1.54, 1.807) is 24.3 Å². The quantitative estimate of drug-likeness (QED) is 0.680.